The lowest BCUT2D eigenvalue weighted by Crippen LogP contribution is -2.41. The van der Waals surface area contributed by atoms with Gasteiger partial charge in [0.25, 0.3) is 0 Å². The Balaban J connectivity index is 1.87. The van der Waals surface area contributed by atoms with E-state index in [-0.39, 0.29) is 43.3 Å². The maximum absolute atomic E-state index is 13.4. The van der Waals surface area contributed by atoms with Gasteiger partial charge in [-0.15, -0.1) is 0 Å². The molecule has 0 saturated carbocycles. The summed E-state index contributed by atoms with van der Waals surface area (Å²) in [7, 11) is 0. The molecule has 1 heterocycles. The van der Waals surface area contributed by atoms with E-state index < -0.39 is 0 Å². The highest BCUT2D eigenvalue weighted by Gasteiger charge is 2.32. The van der Waals surface area contributed by atoms with Crippen molar-refractivity contribution in [3.63, 3.8) is 0 Å². The van der Waals surface area contributed by atoms with Crippen LogP contribution in [0, 0.1) is 12.7 Å². The lowest BCUT2D eigenvalue weighted by molar-refractivity contribution is -0.145. The zero-order valence-electron chi connectivity index (χ0n) is 20.3. The maximum Gasteiger partial charge on any atom is 0.307 e. The second-order valence-corrected chi connectivity index (χ2v) is 8.12. The molecule has 1 aliphatic heterocycles. The van der Waals surface area contributed by atoms with Crippen LogP contribution in [0.5, 0.6) is 11.5 Å². The number of amides is 1. The summed E-state index contributed by atoms with van der Waals surface area (Å²) in [4.78, 5) is 27.3. The third-order valence-electron chi connectivity index (χ3n) is 5.75. The van der Waals surface area contributed by atoms with Crippen LogP contribution in [-0.4, -0.2) is 49.7 Å². The number of halogens is 1. The third-order valence-corrected chi connectivity index (χ3v) is 5.75. The van der Waals surface area contributed by atoms with Gasteiger partial charge in [0, 0.05) is 18.3 Å². The van der Waals surface area contributed by atoms with Crippen molar-refractivity contribution in [2.24, 2.45) is 0 Å². The van der Waals surface area contributed by atoms with Gasteiger partial charge in [0.05, 0.1) is 32.8 Å². The fourth-order valence-electron chi connectivity index (χ4n) is 4.25. The average molecular weight is 473 g/mol. The lowest BCUT2D eigenvalue weighted by Gasteiger charge is -2.37. The van der Waals surface area contributed by atoms with E-state index in [2.05, 4.69) is 5.32 Å². The first-order chi connectivity index (χ1) is 16.4. The standard InChI is InChI=1S/C26H33FN2O5/c1-5-32-23-13-18-10-11-29(16-25(30)28-21-9-8-19(27)12-17(21)4)22(15-26(31)34-7-3)20(18)14-24(23)33-6-2/h8-9,12-14,22H,5-7,10-11,15-16H2,1-4H3,(H,28,30). The molecule has 1 atom stereocenters. The average Bonchev–Trinajstić information content (AvgIpc) is 2.78. The van der Waals surface area contributed by atoms with Gasteiger partial charge in [0.2, 0.25) is 5.91 Å². The first-order valence-corrected chi connectivity index (χ1v) is 11.7. The van der Waals surface area contributed by atoms with Gasteiger partial charge in [-0.3, -0.25) is 14.5 Å². The van der Waals surface area contributed by atoms with Gasteiger partial charge in [-0.25, -0.2) is 4.39 Å². The first kappa shape index (κ1) is 25.5. The predicted molar refractivity (Wildman–Crippen MR) is 128 cm³/mol. The van der Waals surface area contributed by atoms with Crippen molar-refractivity contribution in [2.45, 2.75) is 46.6 Å². The van der Waals surface area contributed by atoms with Crippen LogP contribution < -0.4 is 14.8 Å². The molecule has 2 aromatic rings. The fraction of sp³-hybridized carbons (Fsp3) is 0.462. The minimum atomic E-state index is -0.353. The number of carbonyl (C=O) groups excluding carboxylic acids is 2. The second kappa shape index (κ2) is 11.8. The van der Waals surface area contributed by atoms with Crippen LogP contribution in [0.2, 0.25) is 0 Å². The predicted octanol–water partition coefficient (Wildman–Crippen LogP) is 4.42. The van der Waals surface area contributed by atoms with Gasteiger partial charge in [0.15, 0.2) is 11.5 Å². The Labute approximate surface area is 200 Å². The number of carbonyl (C=O) groups is 2. The van der Waals surface area contributed by atoms with Gasteiger partial charge < -0.3 is 19.5 Å². The Morgan fingerprint density at radius 2 is 1.76 bits per heavy atom. The molecular formula is C26H33FN2O5. The SMILES string of the molecule is CCOC(=O)CC1c2cc(OCC)c(OCC)cc2CCN1CC(=O)Nc1ccc(F)cc1C. The molecule has 0 saturated heterocycles. The smallest absolute Gasteiger partial charge is 0.307 e. The van der Waals surface area contributed by atoms with Gasteiger partial charge in [0.1, 0.15) is 5.82 Å². The lowest BCUT2D eigenvalue weighted by atomic mass is 9.90. The highest BCUT2D eigenvalue weighted by atomic mass is 19.1. The first-order valence-electron chi connectivity index (χ1n) is 11.7. The summed E-state index contributed by atoms with van der Waals surface area (Å²) in [5, 5.41) is 2.86. The zero-order chi connectivity index (χ0) is 24.7. The number of fused-ring (bicyclic) bond motifs is 1. The van der Waals surface area contributed by atoms with E-state index in [9.17, 15) is 14.0 Å². The van der Waals surface area contributed by atoms with Crippen molar-refractivity contribution in [3.05, 3.63) is 52.8 Å². The summed E-state index contributed by atoms with van der Waals surface area (Å²) in [5.74, 6) is 0.380. The van der Waals surface area contributed by atoms with Crippen molar-refractivity contribution in [2.75, 3.05) is 38.2 Å². The molecule has 1 N–H and O–H groups in total. The van der Waals surface area contributed by atoms with Crippen LogP contribution in [0.25, 0.3) is 0 Å². The van der Waals surface area contributed by atoms with E-state index in [0.717, 1.165) is 11.1 Å². The molecule has 0 radical (unpaired) electrons. The molecule has 7 nitrogen and oxygen atoms in total. The Kier molecular flexibility index (Phi) is 8.87. The number of anilines is 1. The van der Waals surface area contributed by atoms with Crippen molar-refractivity contribution in [1.82, 2.24) is 4.90 Å². The number of nitrogens with one attached hydrogen (secondary N) is 1. The molecule has 0 spiro atoms. The number of ether oxygens (including phenoxy) is 3. The van der Waals surface area contributed by atoms with E-state index >= 15 is 0 Å². The Morgan fingerprint density at radius 3 is 2.41 bits per heavy atom. The highest BCUT2D eigenvalue weighted by Crippen LogP contribution is 2.40. The number of hydrogen-bond acceptors (Lipinski definition) is 6. The van der Waals surface area contributed by atoms with Crippen molar-refractivity contribution < 1.29 is 28.2 Å². The molecule has 1 amide bonds. The van der Waals surface area contributed by atoms with E-state index in [1.807, 2.05) is 30.9 Å². The van der Waals surface area contributed by atoms with Crippen LogP contribution >= 0.6 is 0 Å². The largest absolute Gasteiger partial charge is 0.490 e. The van der Waals surface area contributed by atoms with Crippen molar-refractivity contribution in [3.8, 4) is 11.5 Å². The quantitative estimate of drug-likeness (QED) is 0.516. The number of benzene rings is 2. The van der Waals surface area contributed by atoms with E-state index in [4.69, 9.17) is 14.2 Å². The topological polar surface area (TPSA) is 77.1 Å². The Morgan fingerprint density at radius 1 is 1.06 bits per heavy atom. The molecule has 8 heteroatoms. The second-order valence-electron chi connectivity index (χ2n) is 8.12. The summed E-state index contributed by atoms with van der Waals surface area (Å²) in [6.45, 7) is 9.28. The fourth-order valence-corrected chi connectivity index (χ4v) is 4.25. The van der Waals surface area contributed by atoms with Gasteiger partial charge in [-0.1, -0.05) is 0 Å². The van der Waals surface area contributed by atoms with E-state index in [1.54, 1.807) is 19.9 Å². The van der Waals surface area contributed by atoms with Crippen molar-refractivity contribution >= 4 is 17.6 Å². The van der Waals surface area contributed by atoms with Crippen LogP contribution in [0.3, 0.4) is 0 Å². The molecule has 0 aromatic heterocycles. The van der Waals surface area contributed by atoms with Crippen LogP contribution in [0.1, 0.15) is 49.9 Å². The minimum Gasteiger partial charge on any atom is -0.490 e. The van der Waals surface area contributed by atoms with Gasteiger partial charge >= 0.3 is 5.97 Å². The number of hydrogen-bond donors (Lipinski definition) is 1. The van der Waals surface area contributed by atoms with Crippen LogP contribution in [0.4, 0.5) is 10.1 Å². The molecule has 0 bridgehead atoms. The molecular weight excluding hydrogens is 439 g/mol. The summed E-state index contributed by atoms with van der Waals surface area (Å²) < 4.78 is 30.2. The number of esters is 1. The Hall–Kier alpha value is -3.13. The Bertz CT molecular complexity index is 1030. The molecule has 184 valence electrons. The minimum absolute atomic E-state index is 0.0809. The van der Waals surface area contributed by atoms with E-state index in [1.165, 1.54) is 12.1 Å². The number of aryl methyl sites for hydroxylation is 1. The normalized spacial score (nSPS) is 15.4. The molecule has 1 aliphatic rings. The molecule has 0 aliphatic carbocycles. The highest BCUT2D eigenvalue weighted by molar-refractivity contribution is 5.93. The van der Waals surface area contributed by atoms with Crippen molar-refractivity contribution in [1.29, 1.82) is 0 Å². The van der Waals surface area contributed by atoms with E-state index in [0.29, 0.717) is 48.9 Å². The monoisotopic (exact) mass is 472 g/mol. The molecule has 1 unspecified atom stereocenters. The number of rotatable bonds is 10. The van der Waals surface area contributed by atoms with Crippen LogP contribution in [-0.2, 0) is 20.7 Å². The third kappa shape index (κ3) is 6.26. The number of nitrogens with zero attached hydrogens (tertiary/aromatic N) is 1. The zero-order valence-corrected chi connectivity index (χ0v) is 20.3. The van der Waals surface area contributed by atoms with Crippen LogP contribution in [0.15, 0.2) is 30.3 Å². The molecule has 0 fully saturated rings. The molecule has 3 rings (SSSR count). The summed E-state index contributed by atoms with van der Waals surface area (Å²) >= 11 is 0. The summed E-state index contributed by atoms with van der Waals surface area (Å²) in [6, 6.07) is 7.78. The summed E-state index contributed by atoms with van der Waals surface area (Å²) in [6.07, 6.45) is 0.813. The molecule has 34 heavy (non-hydrogen) atoms. The van der Waals surface area contributed by atoms with Gasteiger partial charge in [-0.05, 0) is 81.1 Å². The summed E-state index contributed by atoms with van der Waals surface area (Å²) in [5.41, 5.74) is 3.19. The maximum atomic E-state index is 13.4. The van der Waals surface area contributed by atoms with Gasteiger partial charge in [-0.2, -0.15) is 0 Å². The molecule has 2 aromatic carbocycles.